The van der Waals surface area contributed by atoms with Gasteiger partial charge in [0.1, 0.15) is 6.33 Å². The van der Waals surface area contributed by atoms with Crippen LogP contribution in [-0.4, -0.2) is 43.9 Å². The van der Waals surface area contributed by atoms with E-state index in [-0.39, 0.29) is 18.6 Å². The van der Waals surface area contributed by atoms with Crippen LogP contribution in [0.15, 0.2) is 24.5 Å². The number of aromatic nitrogens is 4. The van der Waals surface area contributed by atoms with Crippen molar-refractivity contribution in [3.05, 3.63) is 35.1 Å². The van der Waals surface area contributed by atoms with E-state index in [0.717, 1.165) is 0 Å². The molecule has 0 spiro atoms. The summed E-state index contributed by atoms with van der Waals surface area (Å²) in [6.45, 7) is 1.75. The van der Waals surface area contributed by atoms with Gasteiger partial charge in [-0.05, 0) is 35.0 Å². The number of hydrogen-bond donors (Lipinski definition) is 2. The van der Waals surface area contributed by atoms with Crippen LogP contribution in [-0.2, 0) is 0 Å². The summed E-state index contributed by atoms with van der Waals surface area (Å²) in [7, 11) is 0. The summed E-state index contributed by atoms with van der Waals surface area (Å²) in [5.41, 5.74) is 0.862. The second-order valence-corrected chi connectivity index (χ2v) is 4.61. The Morgan fingerprint density at radius 3 is 2.95 bits per heavy atom. The van der Waals surface area contributed by atoms with E-state index in [1.807, 2.05) is 6.92 Å². The molecule has 2 N–H and O–H groups in total. The number of amides is 1. The molecule has 0 fully saturated rings. The Morgan fingerprint density at radius 1 is 1.55 bits per heavy atom. The van der Waals surface area contributed by atoms with Crippen molar-refractivity contribution < 1.29 is 9.90 Å². The maximum atomic E-state index is 12.3. The Balaban J connectivity index is 2.35. The lowest BCUT2D eigenvalue weighted by Crippen LogP contribution is -2.37. The second kappa shape index (κ2) is 6.44. The Bertz CT molecular complexity index is 584. The standard InChI is InChI=1S/C12H14ClN5O2/c1-2-9(6-19)15-12(20)10-5-8(13)3-4-11(10)18-7-14-16-17-18/h3-5,7,9,19H,2,6H2,1H3,(H,15,20). The Morgan fingerprint density at radius 2 is 2.35 bits per heavy atom. The van der Waals surface area contributed by atoms with Crippen LogP contribution in [0.2, 0.25) is 5.02 Å². The molecule has 0 bridgehead atoms. The van der Waals surface area contributed by atoms with Crippen molar-refractivity contribution in [2.24, 2.45) is 0 Å². The number of nitrogens with one attached hydrogen (secondary N) is 1. The molecule has 1 unspecified atom stereocenters. The van der Waals surface area contributed by atoms with Crippen molar-refractivity contribution in [1.29, 1.82) is 0 Å². The van der Waals surface area contributed by atoms with E-state index in [4.69, 9.17) is 16.7 Å². The first-order chi connectivity index (χ1) is 9.65. The fraction of sp³-hybridized carbons (Fsp3) is 0.333. The van der Waals surface area contributed by atoms with Crippen molar-refractivity contribution in [3.8, 4) is 5.69 Å². The molecular formula is C12H14ClN5O2. The van der Waals surface area contributed by atoms with E-state index in [1.165, 1.54) is 17.1 Å². The molecule has 0 saturated heterocycles. The Kier molecular flexibility index (Phi) is 4.65. The first-order valence-corrected chi connectivity index (χ1v) is 6.48. The van der Waals surface area contributed by atoms with E-state index in [2.05, 4.69) is 20.8 Å². The van der Waals surface area contributed by atoms with Gasteiger partial charge in [-0.25, -0.2) is 0 Å². The summed E-state index contributed by atoms with van der Waals surface area (Å²) in [5, 5.41) is 23.2. The van der Waals surface area contributed by atoms with E-state index in [0.29, 0.717) is 22.7 Å². The predicted octanol–water partition coefficient (Wildman–Crippen LogP) is 0.816. The molecule has 0 aliphatic heterocycles. The van der Waals surface area contributed by atoms with E-state index in [1.54, 1.807) is 12.1 Å². The topological polar surface area (TPSA) is 92.9 Å². The molecule has 1 aromatic heterocycles. The predicted molar refractivity (Wildman–Crippen MR) is 72.8 cm³/mol. The third kappa shape index (κ3) is 3.12. The fourth-order valence-electron chi connectivity index (χ4n) is 1.70. The summed E-state index contributed by atoms with van der Waals surface area (Å²) >= 11 is 5.94. The van der Waals surface area contributed by atoms with Gasteiger partial charge in [0.15, 0.2) is 0 Å². The van der Waals surface area contributed by atoms with Crippen molar-refractivity contribution in [1.82, 2.24) is 25.5 Å². The minimum absolute atomic E-state index is 0.122. The maximum Gasteiger partial charge on any atom is 0.253 e. The van der Waals surface area contributed by atoms with Crippen LogP contribution in [0.5, 0.6) is 0 Å². The van der Waals surface area contributed by atoms with Crippen molar-refractivity contribution >= 4 is 17.5 Å². The lowest BCUT2D eigenvalue weighted by Gasteiger charge is -2.15. The number of hydrogen-bond acceptors (Lipinski definition) is 5. The maximum absolute atomic E-state index is 12.3. The average Bonchev–Trinajstić information content (AvgIpc) is 2.98. The van der Waals surface area contributed by atoms with Gasteiger partial charge in [0, 0.05) is 5.02 Å². The smallest absolute Gasteiger partial charge is 0.253 e. The lowest BCUT2D eigenvalue weighted by atomic mass is 10.1. The highest BCUT2D eigenvalue weighted by atomic mass is 35.5. The molecule has 1 amide bonds. The SMILES string of the molecule is CCC(CO)NC(=O)c1cc(Cl)ccc1-n1cnnn1. The highest BCUT2D eigenvalue weighted by Gasteiger charge is 2.17. The number of tetrazole rings is 1. The third-order valence-electron chi connectivity index (χ3n) is 2.85. The second-order valence-electron chi connectivity index (χ2n) is 4.18. The number of rotatable bonds is 5. The molecule has 0 radical (unpaired) electrons. The molecule has 0 aliphatic rings. The van der Waals surface area contributed by atoms with Crippen LogP contribution >= 0.6 is 11.6 Å². The average molecular weight is 296 g/mol. The number of benzene rings is 1. The van der Waals surface area contributed by atoms with Gasteiger partial charge in [0.2, 0.25) is 0 Å². The van der Waals surface area contributed by atoms with Crippen LogP contribution in [0.1, 0.15) is 23.7 Å². The van der Waals surface area contributed by atoms with Gasteiger partial charge >= 0.3 is 0 Å². The van der Waals surface area contributed by atoms with Crippen molar-refractivity contribution in [3.63, 3.8) is 0 Å². The number of aliphatic hydroxyl groups is 1. The fourth-order valence-corrected chi connectivity index (χ4v) is 1.87. The first kappa shape index (κ1) is 14.4. The molecule has 20 heavy (non-hydrogen) atoms. The normalized spacial score (nSPS) is 12.2. The van der Waals surface area contributed by atoms with Gasteiger partial charge in [-0.3, -0.25) is 4.79 Å². The molecule has 2 rings (SSSR count). The number of aliphatic hydroxyl groups excluding tert-OH is 1. The summed E-state index contributed by atoms with van der Waals surface area (Å²) in [4.78, 5) is 12.3. The highest BCUT2D eigenvalue weighted by Crippen LogP contribution is 2.19. The number of halogens is 1. The van der Waals surface area contributed by atoms with E-state index in [9.17, 15) is 4.79 Å². The largest absolute Gasteiger partial charge is 0.394 e. The molecule has 7 nitrogen and oxygen atoms in total. The summed E-state index contributed by atoms with van der Waals surface area (Å²) in [6, 6.07) is 4.55. The zero-order chi connectivity index (χ0) is 14.5. The molecule has 0 saturated carbocycles. The quantitative estimate of drug-likeness (QED) is 0.852. The van der Waals surface area contributed by atoms with E-state index < -0.39 is 0 Å². The molecule has 1 heterocycles. The van der Waals surface area contributed by atoms with Crippen LogP contribution in [0.25, 0.3) is 5.69 Å². The minimum Gasteiger partial charge on any atom is -0.394 e. The molecule has 2 aromatic rings. The Labute approximate surface area is 120 Å². The zero-order valence-electron chi connectivity index (χ0n) is 10.8. The summed E-state index contributed by atoms with van der Waals surface area (Å²) in [6.07, 6.45) is 2.02. The number of nitrogens with zero attached hydrogens (tertiary/aromatic N) is 4. The van der Waals surface area contributed by atoms with Crippen LogP contribution < -0.4 is 5.32 Å². The molecule has 0 aliphatic carbocycles. The molecule has 8 heteroatoms. The number of carbonyl (C=O) groups excluding carboxylic acids is 1. The monoisotopic (exact) mass is 295 g/mol. The highest BCUT2D eigenvalue weighted by molar-refractivity contribution is 6.31. The molecule has 1 atom stereocenters. The minimum atomic E-state index is -0.334. The number of carbonyl (C=O) groups is 1. The van der Waals surface area contributed by atoms with Gasteiger partial charge in [-0.1, -0.05) is 18.5 Å². The van der Waals surface area contributed by atoms with E-state index >= 15 is 0 Å². The Hall–Kier alpha value is -1.99. The van der Waals surface area contributed by atoms with Gasteiger partial charge in [0.05, 0.1) is 23.9 Å². The first-order valence-electron chi connectivity index (χ1n) is 6.10. The van der Waals surface area contributed by atoms with Gasteiger partial charge in [-0.15, -0.1) is 5.10 Å². The third-order valence-corrected chi connectivity index (χ3v) is 3.08. The van der Waals surface area contributed by atoms with Crippen molar-refractivity contribution in [2.45, 2.75) is 19.4 Å². The zero-order valence-corrected chi connectivity index (χ0v) is 11.6. The van der Waals surface area contributed by atoms with Crippen LogP contribution in [0.4, 0.5) is 0 Å². The van der Waals surface area contributed by atoms with Gasteiger partial charge in [0.25, 0.3) is 5.91 Å². The summed E-state index contributed by atoms with van der Waals surface area (Å²) in [5.74, 6) is -0.334. The molecule has 106 valence electrons. The van der Waals surface area contributed by atoms with Gasteiger partial charge < -0.3 is 10.4 Å². The van der Waals surface area contributed by atoms with Crippen LogP contribution in [0.3, 0.4) is 0 Å². The molecule has 1 aromatic carbocycles. The summed E-state index contributed by atoms with van der Waals surface area (Å²) < 4.78 is 1.38. The molecular weight excluding hydrogens is 282 g/mol. The van der Waals surface area contributed by atoms with Crippen LogP contribution in [0, 0.1) is 0 Å². The lowest BCUT2D eigenvalue weighted by molar-refractivity contribution is 0.0915. The van der Waals surface area contributed by atoms with Crippen molar-refractivity contribution in [2.75, 3.05) is 6.61 Å². The van der Waals surface area contributed by atoms with Gasteiger partial charge in [-0.2, -0.15) is 4.68 Å².